The minimum absolute atomic E-state index is 0.0205. The highest BCUT2D eigenvalue weighted by atomic mass is 15.2. The fraction of sp³-hybridized carbons (Fsp3) is 0.195. The van der Waals surface area contributed by atoms with Gasteiger partial charge in [-0.05, 0) is 180 Å². The normalized spacial score (nSPS) is 14.0. The van der Waals surface area contributed by atoms with Crippen LogP contribution in [0, 0.1) is 0 Å². The van der Waals surface area contributed by atoms with E-state index in [2.05, 4.69) is 279 Å². The zero-order chi connectivity index (χ0) is 57.7. The maximum atomic E-state index is 2.61. The molecule has 0 saturated heterocycles. The van der Waals surface area contributed by atoms with Gasteiger partial charge in [-0.1, -0.05) is 187 Å². The smallest absolute Gasteiger partial charge is 0.0641 e. The van der Waals surface area contributed by atoms with Crippen LogP contribution in [0.15, 0.2) is 218 Å². The van der Waals surface area contributed by atoms with Gasteiger partial charge in [-0.15, -0.1) is 0 Å². The molecule has 86 heavy (non-hydrogen) atoms. The molecule has 2 aliphatic carbocycles. The van der Waals surface area contributed by atoms with Gasteiger partial charge in [0.05, 0.1) is 55.8 Å². The van der Waals surface area contributed by atoms with Crippen LogP contribution in [0.5, 0.6) is 0 Å². The standard InChI is InChI=1S/C82H70N4/c1-81(2,3)55-35-39-57(40-36-55)83(69-45-33-51-21-13-15-27-59(51)75(69)53-23-9-7-10-24-53)71-47-43-61-65-49-74-66(50-73(65)85-67-31-19-17-29-63(67)77(71)79(61)85)62-44-48-72(78-64-30-18-20-32-68(64)86(74)80(62)78)84(58-41-37-56(38-42-58)82(4,5)6)70-46-34-52-22-14-16-28-60(52)76(70)54-25-11-8-12-26-54/h7-12,17-20,23-26,29-50H,13-16,21-22,27-28H2,1-6H3. The largest absolute Gasteiger partial charge is 0.309 e. The van der Waals surface area contributed by atoms with Crippen LogP contribution in [-0.2, 0) is 36.5 Å². The summed E-state index contributed by atoms with van der Waals surface area (Å²) in [4.78, 5) is 5.21. The second-order valence-electron chi connectivity index (χ2n) is 26.9. The Labute approximate surface area is 503 Å². The van der Waals surface area contributed by atoms with Gasteiger partial charge >= 0.3 is 0 Å². The summed E-state index contributed by atoms with van der Waals surface area (Å²) in [6.07, 6.45) is 9.29. The van der Waals surface area contributed by atoms with Crippen LogP contribution >= 0.6 is 0 Å². The van der Waals surface area contributed by atoms with Crippen LogP contribution in [0.25, 0.3) is 98.4 Å². The topological polar surface area (TPSA) is 15.3 Å². The van der Waals surface area contributed by atoms with Gasteiger partial charge in [-0.2, -0.15) is 0 Å². The molecular weight excluding hydrogens is 1040 g/mol. The van der Waals surface area contributed by atoms with E-state index >= 15 is 0 Å². The number of nitrogens with zero attached hydrogens (tertiary/aromatic N) is 4. The average Bonchev–Trinajstić information content (AvgIpc) is 1.53. The molecule has 11 aromatic carbocycles. The van der Waals surface area contributed by atoms with E-state index in [0.717, 1.165) is 37.1 Å². The van der Waals surface area contributed by atoms with Gasteiger partial charge in [0.15, 0.2) is 0 Å². The second-order valence-corrected chi connectivity index (χ2v) is 26.9. The van der Waals surface area contributed by atoms with Crippen LogP contribution in [0.1, 0.15) is 101 Å². The highest BCUT2D eigenvalue weighted by molar-refractivity contribution is 6.32. The number of benzene rings is 11. The Morgan fingerprint density at radius 1 is 0.314 bits per heavy atom. The first-order valence-corrected chi connectivity index (χ1v) is 31.5. The predicted molar refractivity (Wildman–Crippen MR) is 367 cm³/mol. The monoisotopic (exact) mass is 1110 g/mol. The van der Waals surface area contributed by atoms with E-state index in [0.29, 0.717) is 0 Å². The van der Waals surface area contributed by atoms with Crippen molar-refractivity contribution in [2.45, 2.75) is 104 Å². The fourth-order valence-corrected chi connectivity index (χ4v) is 15.7. The predicted octanol–water partition coefficient (Wildman–Crippen LogP) is 22.6. The van der Waals surface area contributed by atoms with Crippen LogP contribution in [0.4, 0.5) is 34.1 Å². The molecule has 4 heteroatoms. The Hall–Kier alpha value is -9.38. The lowest BCUT2D eigenvalue weighted by Crippen LogP contribution is -2.16. The van der Waals surface area contributed by atoms with E-state index in [1.54, 1.807) is 0 Å². The third-order valence-electron chi connectivity index (χ3n) is 19.9. The van der Waals surface area contributed by atoms with Crippen LogP contribution in [0.3, 0.4) is 0 Å². The minimum atomic E-state index is 0.0205. The number of hydrogen-bond donors (Lipinski definition) is 0. The number of para-hydroxylation sites is 2. The third-order valence-corrected chi connectivity index (χ3v) is 19.9. The lowest BCUT2D eigenvalue weighted by atomic mass is 9.84. The van der Waals surface area contributed by atoms with E-state index in [9.17, 15) is 0 Å². The van der Waals surface area contributed by atoms with E-state index in [4.69, 9.17) is 0 Å². The van der Waals surface area contributed by atoms with Crippen molar-refractivity contribution in [1.29, 1.82) is 0 Å². The van der Waals surface area contributed by atoms with Gasteiger partial charge in [0.2, 0.25) is 0 Å². The summed E-state index contributed by atoms with van der Waals surface area (Å²) in [7, 11) is 0. The second kappa shape index (κ2) is 19.1. The third kappa shape index (κ3) is 7.60. The summed E-state index contributed by atoms with van der Waals surface area (Å²) < 4.78 is 5.21. The summed E-state index contributed by atoms with van der Waals surface area (Å²) in [5, 5.41) is 10.1. The zero-order valence-corrected chi connectivity index (χ0v) is 50.2. The number of aryl methyl sites for hydroxylation is 2. The van der Waals surface area contributed by atoms with Crippen LogP contribution in [0.2, 0.25) is 0 Å². The van der Waals surface area contributed by atoms with Gasteiger partial charge in [0, 0.05) is 65.6 Å². The Morgan fingerprint density at radius 2 is 0.686 bits per heavy atom. The van der Waals surface area contributed by atoms with Gasteiger partial charge < -0.3 is 18.6 Å². The molecule has 4 nitrogen and oxygen atoms in total. The minimum Gasteiger partial charge on any atom is -0.309 e. The Balaban J connectivity index is 0.930. The molecule has 0 N–H and O–H groups in total. The lowest BCUT2D eigenvalue weighted by molar-refractivity contribution is 0.590. The van der Waals surface area contributed by atoms with Gasteiger partial charge in [0.1, 0.15) is 0 Å². The highest BCUT2D eigenvalue weighted by Crippen LogP contribution is 2.54. The molecule has 4 aromatic heterocycles. The van der Waals surface area contributed by atoms with E-state index in [-0.39, 0.29) is 10.8 Å². The van der Waals surface area contributed by atoms with Crippen molar-refractivity contribution in [3.05, 3.63) is 252 Å². The number of rotatable bonds is 8. The molecule has 0 atom stereocenters. The summed E-state index contributed by atoms with van der Waals surface area (Å²) in [5.74, 6) is 0. The summed E-state index contributed by atoms with van der Waals surface area (Å²) in [6.45, 7) is 13.9. The zero-order valence-electron chi connectivity index (χ0n) is 50.2. The summed E-state index contributed by atoms with van der Waals surface area (Å²) >= 11 is 0. The molecule has 0 fully saturated rings. The number of hydrogen-bond acceptors (Lipinski definition) is 2. The summed E-state index contributed by atoms with van der Waals surface area (Å²) in [6, 6.07) is 84.2. The number of aromatic nitrogens is 2. The Morgan fingerprint density at radius 3 is 1.09 bits per heavy atom. The quantitative estimate of drug-likeness (QED) is 0.151. The van der Waals surface area contributed by atoms with Crippen molar-refractivity contribution < 1.29 is 0 Å². The first kappa shape index (κ1) is 51.1. The summed E-state index contributed by atoms with van der Waals surface area (Å²) in [5.41, 5.74) is 28.5. The van der Waals surface area contributed by atoms with E-state index in [1.807, 2.05) is 0 Å². The average molecular weight is 1110 g/mol. The molecule has 0 spiro atoms. The van der Waals surface area contributed by atoms with Crippen LogP contribution in [-0.4, -0.2) is 8.80 Å². The molecule has 418 valence electrons. The van der Waals surface area contributed by atoms with Crippen LogP contribution < -0.4 is 9.80 Å². The van der Waals surface area contributed by atoms with Crippen molar-refractivity contribution in [2.75, 3.05) is 9.80 Å². The molecule has 2 aliphatic rings. The SMILES string of the molecule is CC(C)(C)c1ccc(N(c2ccc3c(c2-c2ccccc2)CCCC3)c2ccc3c4cc5c(cc4n4c6ccccc6c2c34)c2ccc(N(c3ccc(C(C)(C)C)cc3)c3ccc4c(c3-c3ccccc3)CCCC4)c3c4ccccc4n5c23)cc1. The molecule has 0 unspecified atom stereocenters. The molecule has 0 saturated carbocycles. The lowest BCUT2D eigenvalue weighted by Gasteiger charge is -2.32. The molecule has 15 aromatic rings. The van der Waals surface area contributed by atoms with Gasteiger partial charge in [-0.3, -0.25) is 0 Å². The number of anilines is 6. The molecule has 0 radical (unpaired) electrons. The molecule has 0 bridgehead atoms. The first-order valence-electron chi connectivity index (χ1n) is 31.5. The molecule has 0 amide bonds. The van der Waals surface area contributed by atoms with E-state index < -0.39 is 0 Å². The maximum absolute atomic E-state index is 2.61. The highest BCUT2D eigenvalue weighted by Gasteiger charge is 2.32. The molecular formula is C82H70N4. The van der Waals surface area contributed by atoms with Crippen molar-refractivity contribution in [1.82, 2.24) is 8.80 Å². The van der Waals surface area contributed by atoms with E-state index in [1.165, 1.54) is 180 Å². The fourth-order valence-electron chi connectivity index (χ4n) is 15.7. The van der Waals surface area contributed by atoms with Gasteiger partial charge in [0.25, 0.3) is 0 Å². The Bertz CT molecular complexity index is 4840. The number of fused-ring (bicyclic) bond motifs is 14. The van der Waals surface area contributed by atoms with Crippen molar-refractivity contribution in [3.8, 4) is 22.3 Å². The Kier molecular flexibility index (Phi) is 11.3. The van der Waals surface area contributed by atoms with Crippen molar-refractivity contribution in [2.24, 2.45) is 0 Å². The molecule has 4 heterocycles. The van der Waals surface area contributed by atoms with Crippen molar-refractivity contribution in [3.63, 3.8) is 0 Å². The molecule has 0 aliphatic heterocycles. The van der Waals surface area contributed by atoms with Gasteiger partial charge in [-0.25, -0.2) is 0 Å². The maximum Gasteiger partial charge on any atom is 0.0641 e. The first-order chi connectivity index (χ1) is 42.0. The molecule has 17 rings (SSSR count). The van der Waals surface area contributed by atoms with Crippen molar-refractivity contribution >= 4 is 110 Å².